The van der Waals surface area contributed by atoms with Gasteiger partial charge in [0.1, 0.15) is 23.2 Å². The normalized spacial score (nSPS) is 10.8. The molecule has 0 atom stereocenters. The van der Waals surface area contributed by atoms with Crippen molar-refractivity contribution in [3.8, 4) is 11.3 Å². The first-order chi connectivity index (χ1) is 8.04. The second-order valence-electron chi connectivity index (χ2n) is 3.80. The Morgan fingerprint density at radius 3 is 2.71 bits per heavy atom. The third-order valence-electron chi connectivity index (χ3n) is 2.74. The molecule has 0 saturated carbocycles. The molecule has 0 saturated heterocycles. The molecule has 0 fully saturated rings. The number of halogens is 2. The summed E-state index contributed by atoms with van der Waals surface area (Å²) in [6.45, 7) is 2.00. The topological polar surface area (TPSA) is 43.8 Å². The zero-order valence-electron chi connectivity index (χ0n) is 9.67. The molecule has 0 spiro atoms. The number of nitrogens with two attached hydrogens (primary N) is 1. The Balaban J connectivity index is 2.56. The molecular formula is C12H13ClFN3. The van der Waals surface area contributed by atoms with E-state index in [2.05, 4.69) is 4.98 Å². The van der Waals surface area contributed by atoms with Gasteiger partial charge in [0, 0.05) is 19.0 Å². The molecule has 2 N–H and O–H groups in total. The summed E-state index contributed by atoms with van der Waals surface area (Å²) in [6.07, 6.45) is 0.787. The van der Waals surface area contributed by atoms with Crippen LogP contribution in [0.15, 0.2) is 18.2 Å². The Hall–Kier alpha value is -1.55. The Kier molecular flexibility index (Phi) is 3.07. The van der Waals surface area contributed by atoms with Crippen LogP contribution < -0.4 is 5.73 Å². The number of benzene rings is 1. The van der Waals surface area contributed by atoms with Gasteiger partial charge in [-0.3, -0.25) is 0 Å². The van der Waals surface area contributed by atoms with E-state index in [0.717, 1.165) is 17.8 Å². The lowest BCUT2D eigenvalue weighted by Crippen LogP contribution is -2.00. The Labute approximate surface area is 104 Å². The monoisotopic (exact) mass is 253 g/mol. The molecule has 0 aliphatic carbocycles. The first-order valence-corrected chi connectivity index (χ1v) is 5.68. The predicted molar refractivity (Wildman–Crippen MR) is 67.4 cm³/mol. The zero-order valence-corrected chi connectivity index (χ0v) is 10.4. The van der Waals surface area contributed by atoms with Crippen molar-refractivity contribution in [1.29, 1.82) is 0 Å². The van der Waals surface area contributed by atoms with Crippen molar-refractivity contribution in [2.24, 2.45) is 7.05 Å². The molecule has 2 aromatic rings. The van der Waals surface area contributed by atoms with Gasteiger partial charge in [-0.25, -0.2) is 9.37 Å². The first kappa shape index (κ1) is 11.9. The van der Waals surface area contributed by atoms with Crippen LogP contribution >= 0.6 is 11.6 Å². The van der Waals surface area contributed by atoms with Gasteiger partial charge in [0.15, 0.2) is 0 Å². The van der Waals surface area contributed by atoms with Crippen LogP contribution in [0.4, 0.5) is 10.2 Å². The maximum atomic E-state index is 13.1. The van der Waals surface area contributed by atoms with Gasteiger partial charge in [0.2, 0.25) is 0 Å². The SMILES string of the molecule is CCc1nc(-c2ccc(F)c(Cl)c2)c(N)n1C. The van der Waals surface area contributed by atoms with Gasteiger partial charge < -0.3 is 10.3 Å². The summed E-state index contributed by atoms with van der Waals surface area (Å²) >= 11 is 5.75. The van der Waals surface area contributed by atoms with Crippen LogP contribution in [0.25, 0.3) is 11.3 Å². The summed E-state index contributed by atoms with van der Waals surface area (Å²) in [4.78, 5) is 4.43. The highest BCUT2D eigenvalue weighted by atomic mass is 35.5. The second-order valence-corrected chi connectivity index (χ2v) is 4.21. The minimum atomic E-state index is -0.444. The largest absolute Gasteiger partial charge is 0.383 e. The van der Waals surface area contributed by atoms with E-state index in [9.17, 15) is 4.39 Å². The molecule has 5 heteroatoms. The van der Waals surface area contributed by atoms with Crippen molar-refractivity contribution in [2.75, 3.05) is 5.73 Å². The summed E-state index contributed by atoms with van der Waals surface area (Å²) in [5.74, 6) is 1.00. The molecule has 0 radical (unpaired) electrons. The van der Waals surface area contributed by atoms with Crippen molar-refractivity contribution in [3.63, 3.8) is 0 Å². The van der Waals surface area contributed by atoms with Crippen LogP contribution in [0.5, 0.6) is 0 Å². The average Bonchev–Trinajstić information content (AvgIpc) is 2.60. The molecule has 90 valence electrons. The lowest BCUT2D eigenvalue weighted by atomic mass is 10.1. The fourth-order valence-electron chi connectivity index (χ4n) is 1.73. The number of hydrogen-bond acceptors (Lipinski definition) is 2. The summed E-state index contributed by atoms with van der Waals surface area (Å²) in [6, 6.07) is 4.48. The Morgan fingerprint density at radius 2 is 2.18 bits per heavy atom. The van der Waals surface area contributed by atoms with E-state index in [4.69, 9.17) is 17.3 Å². The standard InChI is InChI=1S/C12H13ClFN3/c1-3-10-16-11(12(15)17(10)2)7-4-5-9(14)8(13)6-7/h4-6H,3,15H2,1-2H3. The van der Waals surface area contributed by atoms with Crippen molar-refractivity contribution in [3.05, 3.63) is 34.9 Å². The van der Waals surface area contributed by atoms with Crippen molar-refractivity contribution in [2.45, 2.75) is 13.3 Å². The first-order valence-electron chi connectivity index (χ1n) is 5.31. The maximum absolute atomic E-state index is 13.1. The van der Waals surface area contributed by atoms with Crippen LogP contribution in [-0.2, 0) is 13.5 Å². The lowest BCUT2D eigenvalue weighted by Gasteiger charge is -2.01. The highest BCUT2D eigenvalue weighted by Crippen LogP contribution is 2.28. The molecule has 0 aliphatic rings. The quantitative estimate of drug-likeness (QED) is 0.894. The molecule has 1 aromatic heterocycles. The average molecular weight is 254 g/mol. The van der Waals surface area contributed by atoms with Gasteiger partial charge >= 0.3 is 0 Å². The number of hydrogen-bond donors (Lipinski definition) is 1. The van der Waals surface area contributed by atoms with Crippen molar-refractivity contribution in [1.82, 2.24) is 9.55 Å². The Bertz CT molecular complexity index is 563. The highest BCUT2D eigenvalue weighted by molar-refractivity contribution is 6.31. The molecule has 1 aromatic carbocycles. The van der Waals surface area contributed by atoms with Gasteiger partial charge in [-0.1, -0.05) is 18.5 Å². The smallest absolute Gasteiger partial charge is 0.141 e. The second kappa shape index (κ2) is 4.37. The number of nitrogens with zero attached hydrogens (tertiary/aromatic N) is 2. The van der Waals surface area contributed by atoms with Gasteiger partial charge in [-0.05, 0) is 18.2 Å². The molecular weight excluding hydrogens is 241 g/mol. The number of aromatic nitrogens is 2. The van der Waals surface area contributed by atoms with Gasteiger partial charge in [0.05, 0.1) is 5.02 Å². The number of nitrogen functional groups attached to an aromatic ring is 1. The van der Waals surface area contributed by atoms with Crippen molar-refractivity contribution < 1.29 is 4.39 Å². The molecule has 1 heterocycles. The fourth-order valence-corrected chi connectivity index (χ4v) is 1.91. The zero-order chi connectivity index (χ0) is 12.6. The third kappa shape index (κ3) is 2.00. The summed E-state index contributed by atoms with van der Waals surface area (Å²) in [5, 5.41) is 0.0746. The fraction of sp³-hybridized carbons (Fsp3) is 0.250. The van der Waals surface area contributed by atoms with E-state index in [0.29, 0.717) is 11.5 Å². The van der Waals surface area contributed by atoms with E-state index in [-0.39, 0.29) is 5.02 Å². The van der Waals surface area contributed by atoms with E-state index in [1.54, 1.807) is 6.07 Å². The Morgan fingerprint density at radius 1 is 1.47 bits per heavy atom. The maximum Gasteiger partial charge on any atom is 0.141 e. The number of aryl methyl sites for hydroxylation is 1. The van der Waals surface area contributed by atoms with Crippen LogP contribution in [0, 0.1) is 5.82 Å². The minimum Gasteiger partial charge on any atom is -0.383 e. The van der Waals surface area contributed by atoms with Gasteiger partial charge in [-0.2, -0.15) is 0 Å². The van der Waals surface area contributed by atoms with E-state index in [1.165, 1.54) is 12.1 Å². The van der Waals surface area contributed by atoms with Crippen LogP contribution in [0.3, 0.4) is 0 Å². The summed E-state index contributed by atoms with van der Waals surface area (Å²) < 4.78 is 14.9. The predicted octanol–water partition coefficient (Wildman–Crippen LogP) is 3.02. The number of imidazole rings is 1. The lowest BCUT2D eigenvalue weighted by molar-refractivity contribution is 0.628. The van der Waals surface area contributed by atoms with Crippen molar-refractivity contribution >= 4 is 17.4 Å². The van der Waals surface area contributed by atoms with E-state index < -0.39 is 5.82 Å². The van der Waals surface area contributed by atoms with Crippen LogP contribution in [0.2, 0.25) is 5.02 Å². The van der Waals surface area contributed by atoms with Crippen LogP contribution in [-0.4, -0.2) is 9.55 Å². The number of anilines is 1. The molecule has 0 aliphatic heterocycles. The summed E-state index contributed by atoms with van der Waals surface area (Å²) in [7, 11) is 1.86. The third-order valence-corrected chi connectivity index (χ3v) is 3.03. The minimum absolute atomic E-state index is 0.0746. The van der Waals surface area contributed by atoms with Gasteiger partial charge in [0.25, 0.3) is 0 Å². The summed E-state index contributed by atoms with van der Waals surface area (Å²) in [5.41, 5.74) is 7.33. The molecule has 3 nitrogen and oxygen atoms in total. The highest BCUT2D eigenvalue weighted by Gasteiger charge is 2.13. The van der Waals surface area contributed by atoms with Crippen LogP contribution in [0.1, 0.15) is 12.7 Å². The molecule has 17 heavy (non-hydrogen) atoms. The number of rotatable bonds is 2. The molecule has 0 amide bonds. The van der Waals surface area contributed by atoms with E-state index in [1.807, 2.05) is 18.5 Å². The molecule has 0 bridgehead atoms. The molecule has 2 rings (SSSR count). The molecule has 0 unspecified atom stereocenters. The van der Waals surface area contributed by atoms with E-state index >= 15 is 0 Å². The van der Waals surface area contributed by atoms with Gasteiger partial charge in [-0.15, -0.1) is 0 Å².